The van der Waals surface area contributed by atoms with Gasteiger partial charge in [0.05, 0.1) is 10.6 Å². The smallest absolute Gasteiger partial charge is 0.264 e. The Balaban J connectivity index is 1.77. The van der Waals surface area contributed by atoms with Gasteiger partial charge in [-0.1, -0.05) is 38.3 Å². The summed E-state index contributed by atoms with van der Waals surface area (Å²) in [6.07, 6.45) is 6.42. The van der Waals surface area contributed by atoms with Crippen molar-refractivity contribution in [3.8, 4) is 0 Å². The van der Waals surface area contributed by atoms with Crippen LogP contribution in [0.1, 0.15) is 61.0 Å². The lowest BCUT2D eigenvalue weighted by Crippen LogP contribution is -2.29. The lowest BCUT2D eigenvalue weighted by atomic mass is 10.1. The summed E-state index contributed by atoms with van der Waals surface area (Å²) in [6.45, 7) is 4.13. The van der Waals surface area contributed by atoms with Gasteiger partial charge in [0, 0.05) is 12.1 Å². The number of unbranched alkanes of at least 4 members (excludes halogenated alkanes) is 3. The van der Waals surface area contributed by atoms with Crippen LogP contribution in [0.3, 0.4) is 0 Å². The van der Waals surface area contributed by atoms with Crippen LogP contribution in [0.25, 0.3) is 0 Å². The number of benzene rings is 2. The lowest BCUT2D eigenvalue weighted by molar-refractivity contribution is 0.101. The molecule has 5 heteroatoms. The molecule has 0 spiro atoms. The zero-order chi connectivity index (χ0) is 19.4. The van der Waals surface area contributed by atoms with Crippen LogP contribution in [0.15, 0.2) is 47.4 Å². The van der Waals surface area contributed by atoms with E-state index < -0.39 is 10.0 Å². The highest BCUT2D eigenvalue weighted by atomic mass is 32.2. The highest BCUT2D eigenvalue weighted by molar-refractivity contribution is 7.92. The highest BCUT2D eigenvalue weighted by Crippen LogP contribution is 2.33. The molecule has 0 fully saturated rings. The van der Waals surface area contributed by atoms with Gasteiger partial charge < -0.3 is 0 Å². The van der Waals surface area contributed by atoms with E-state index in [2.05, 4.69) is 6.92 Å². The monoisotopic (exact) mass is 385 g/mol. The minimum Gasteiger partial charge on any atom is -0.295 e. The second-order valence-corrected chi connectivity index (χ2v) is 9.04. The van der Waals surface area contributed by atoms with Gasteiger partial charge in [0.2, 0.25) is 0 Å². The van der Waals surface area contributed by atoms with E-state index in [4.69, 9.17) is 0 Å². The minimum atomic E-state index is -3.58. The maximum absolute atomic E-state index is 13.1. The zero-order valence-corrected chi connectivity index (χ0v) is 16.9. The molecule has 0 bridgehead atoms. The van der Waals surface area contributed by atoms with Crippen LogP contribution in [-0.2, 0) is 22.9 Å². The Morgan fingerprint density at radius 2 is 1.78 bits per heavy atom. The van der Waals surface area contributed by atoms with Crippen LogP contribution in [0.2, 0.25) is 0 Å². The Hall–Kier alpha value is -2.14. The molecule has 0 saturated heterocycles. The molecule has 0 atom stereocenters. The number of sulfonamides is 1. The van der Waals surface area contributed by atoms with Crippen molar-refractivity contribution in [1.29, 1.82) is 0 Å². The first-order valence-corrected chi connectivity index (χ1v) is 11.1. The third-order valence-electron chi connectivity index (χ3n) is 5.17. The quantitative estimate of drug-likeness (QED) is 0.486. The van der Waals surface area contributed by atoms with E-state index in [0.29, 0.717) is 29.1 Å². The van der Waals surface area contributed by atoms with Gasteiger partial charge in [-0.15, -0.1) is 0 Å². The van der Waals surface area contributed by atoms with Gasteiger partial charge in [-0.25, -0.2) is 8.42 Å². The molecule has 0 amide bonds. The molecule has 144 valence electrons. The van der Waals surface area contributed by atoms with Crippen molar-refractivity contribution in [2.75, 3.05) is 10.8 Å². The van der Waals surface area contributed by atoms with Gasteiger partial charge >= 0.3 is 0 Å². The summed E-state index contributed by atoms with van der Waals surface area (Å²) in [5.74, 6) is -0.00590. The van der Waals surface area contributed by atoms with Gasteiger partial charge in [0.1, 0.15) is 0 Å². The van der Waals surface area contributed by atoms with Crippen LogP contribution < -0.4 is 4.31 Å². The van der Waals surface area contributed by atoms with E-state index in [1.807, 2.05) is 18.2 Å². The molecule has 1 heterocycles. The largest absolute Gasteiger partial charge is 0.295 e. The summed E-state index contributed by atoms with van der Waals surface area (Å²) >= 11 is 0. The van der Waals surface area contributed by atoms with Crippen molar-refractivity contribution in [3.63, 3.8) is 0 Å². The summed E-state index contributed by atoms with van der Waals surface area (Å²) in [6, 6.07) is 12.5. The van der Waals surface area contributed by atoms with Crippen molar-refractivity contribution in [1.82, 2.24) is 0 Å². The van der Waals surface area contributed by atoms with E-state index in [0.717, 1.165) is 18.4 Å². The van der Waals surface area contributed by atoms with Gasteiger partial charge in [-0.05, 0) is 67.6 Å². The number of fused-ring (bicyclic) bond motifs is 1. The minimum absolute atomic E-state index is 0.00590. The van der Waals surface area contributed by atoms with Crippen molar-refractivity contribution < 1.29 is 13.2 Å². The summed E-state index contributed by atoms with van der Waals surface area (Å²) in [5.41, 5.74) is 3.40. The number of ketones is 1. The Bertz CT molecular complexity index is 917. The first-order chi connectivity index (χ1) is 12.9. The van der Waals surface area contributed by atoms with Gasteiger partial charge in [-0.2, -0.15) is 0 Å². The predicted octanol–water partition coefficient (Wildman–Crippen LogP) is 4.76. The average molecular weight is 386 g/mol. The van der Waals surface area contributed by atoms with E-state index in [1.54, 1.807) is 24.3 Å². The number of hydrogen-bond acceptors (Lipinski definition) is 3. The van der Waals surface area contributed by atoms with Crippen molar-refractivity contribution in [3.05, 3.63) is 59.2 Å². The van der Waals surface area contributed by atoms with E-state index >= 15 is 0 Å². The van der Waals surface area contributed by atoms with Gasteiger partial charge in [-0.3, -0.25) is 9.10 Å². The molecule has 0 aromatic heterocycles. The predicted molar refractivity (Wildman–Crippen MR) is 109 cm³/mol. The summed E-state index contributed by atoms with van der Waals surface area (Å²) in [4.78, 5) is 11.9. The van der Waals surface area contributed by atoms with E-state index in [1.165, 1.54) is 36.1 Å². The Morgan fingerprint density at radius 3 is 2.44 bits per heavy atom. The van der Waals surface area contributed by atoms with Crippen molar-refractivity contribution >= 4 is 21.5 Å². The molecule has 27 heavy (non-hydrogen) atoms. The Morgan fingerprint density at radius 1 is 1.04 bits per heavy atom. The topological polar surface area (TPSA) is 54.5 Å². The third kappa shape index (κ3) is 4.24. The molecule has 2 aromatic rings. The molecule has 0 aliphatic carbocycles. The van der Waals surface area contributed by atoms with Crippen LogP contribution >= 0.6 is 0 Å². The normalized spacial score (nSPS) is 13.6. The second kappa shape index (κ2) is 8.26. The van der Waals surface area contributed by atoms with Crippen molar-refractivity contribution in [2.24, 2.45) is 0 Å². The Kier molecular flexibility index (Phi) is 6.00. The lowest BCUT2D eigenvalue weighted by Gasteiger charge is -2.20. The number of Topliss-reactive ketones (excluding diaryl/α,β-unsaturated/α-hetero) is 1. The number of nitrogens with zero attached hydrogens (tertiary/aromatic N) is 1. The zero-order valence-electron chi connectivity index (χ0n) is 16.1. The first kappa shape index (κ1) is 19.6. The maximum atomic E-state index is 13.1. The molecule has 1 aliphatic heterocycles. The molecule has 1 aliphatic rings. The summed E-state index contributed by atoms with van der Waals surface area (Å²) < 4.78 is 27.6. The summed E-state index contributed by atoms with van der Waals surface area (Å²) in [5, 5.41) is 0. The third-order valence-corrected chi connectivity index (χ3v) is 7.00. The number of anilines is 1. The molecule has 0 radical (unpaired) electrons. The number of hydrogen-bond donors (Lipinski definition) is 0. The SMILES string of the molecule is CCCCCCc1ccc(S(=O)(=O)N2CCc3cc(C(C)=O)ccc32)cc1. The van der Waals surface area contributed by atoms with E-state index in [9.17, 15) is 13.2 Å². The Labute approximate surface area is 162 Å². The molecule has 0 N–H and O–H groups in total. The number of rotatable bonds is 8. The average Bonchev–Trinajstić information content (AvgIpc) is 3.09. The number of carbonyl (C=O) groups excluding carboxylic acids is 1. The van der Waals surface area contributed by atoms with Gasteiger partial charge in [0.25, 0.3) is 10.0 Å². The van der Waals surface area contributed by atoms with Crippen LogP contribution in [0.4, 0.5) is 5.69 Å². The molecule has 0 unspecified atom stereocenters. The second-order valence-electron chi connectivity index (χ2n) is 7.18. The fourth-order valence-electron chi connectivity index (χ4n) is 3.55. The molecular formula is C22H27NO3S. The van der Waals surface area contributed by atoms with Crippen LogP contribution in [-0.4, -0.2) is 20.7 Å². The summed E-state index contributed by atoms with van der Waals surface area (Å²) in [7, 11) is -3.58. The molecule has 3 rings (SSSR count). The van der Waals surface area contributed by atoms with Crippen LogP contribution in [0, 0.1) is 0 Å². The highest BCUT2D eigenvalue weighted by Gasteiger charge is 2.31. The van der Waals surface area contributed by atoms with E-state index in [-0.39, 0.29) is 5.78 Å². The maximum Gasteiger partial charge on any atom is 0.264 e. The van der Waals surface area contributed by atoms with Gasteiger partial charge in [0.15, 0.2) is 5.78 Å². The molecule has 2 aromatic carbocycles. The molecule has 0 saturated carbocycles. The number of carbonyl (C=O) groups is 1. The standard InChI is InChI=1S/C22H27NO3S/c1-3-4-5-6-7-18-8-11-21(12-9-18)27(25,26)23-15-14-20-16-19(17(2)24)10-13-22(20)23/h8-13,16H,3-7,14-15H2,1-2H3. The number of aryl methyl sites for hydroxylation is 1. The molecular weight excluding hydrogens is 358 g/mol. The fourth-order valence-corrected chi connectivity index (χ4v) is 5.05. The fraction of sp³-hybridized carbons (Fsp3) is 0.409. The first-order valence-electron chi connectivity index (χ1n) is 9.69. The molecule has 4 nitrogen and oxygen atoms in total. The van der Waals surface area contributed by atoms with Crippen LogP contribution in [0.5, 0.6) is 0 Å². The van der Waals surface area contributed by atoms with Crippen molar-refractivity contribution in [2.45, 2.75) is 57.3 Å².